The molecular weight excluding hydrogens is 576 g/mol. The van der Waals surface area contributed by atoms with Crippen molar-refractivity contribution in [1.29, 1.82) is 0 Å². The number of phosphoric ester groups is 1. The van der Waals surface area contributed by atoms with E-state index in [0.717, 1.165) is 11.5 Å². The molecule has 1 aromatic heterocycles. The summed E-state index contributed by atoms with van der Waals surface area (Å²) in [5.41, 5.74) is -1.32. The molecule has 0 spiro atoms. The molecule has 3 heterocycles. The van der Waals surface area contributed by atoms with Crippen molar-refractivity contribution >= 4 is 21.6 Å². The lowest BCUT2D eigenvalue weighted by Crippen LogP contribution is -2.60. The van der Waals surface area contributed by atoms with E-state index in [4.69, 9.17) is 18.5 Å². The zero-order valence-corrected chi connectivity index (χ0v) is 22.2. The van der Waals surface area contributed by atoms with Crippen molar-refractivity contribution in [1.82, 2.24) is 14.9 Å². The zero-order valence-electron chi connectivity index (χ0n) is 20.4. The molecule has 222 valence electrons. The molecule has 0 aliphatic carbocycles. The van der Waals surface area contributed by atoms with Crippen LogP contribution in [0.1, 0.15) is 25.1 Å². The molecule has 8 N–H and O–H groups in total. The summed E-state index contributed by atoms with van der Waals surface area (Å²) in [6.07, 6.45) is -12.3. The molecule has 2 aliphatic rings. The van der Waals surface area contributed by atoms with Gasteiger partial charge in [-0.05, 0) is 6.92 Å². The number of H-pyrrole nitrogens is 1. The predicted octanol–water partition coefficient (Wildman–Crippen LogP) is -3.31. The first-order valence-electron chi connectivity index (χ1n) is 11.3. The van der Waals surface area contributed by atoms with Crippen molar-refractivity contribution in [2.45, 2.75) is 69.4 Å². The van der Waals surface area contributed by atoms with Gasteiger partial charge in [0, 0.05) is 31.6 Å². The van der Waals surface area contributed by atoms with Crippen molar-refractivity contribution in [3.8, 4) is 0 Å². The fourth-order valence-corrected chi connectivity index (χ4v) is 5.95. The Labute approximate surface area is 219 Å². The van der Waals surface area contributed by atoms with Gasteiger partial charge in [-0.2, -0.15) is 4.31 Å². The standard InChI is InChI=1S/C18H29N3O16P2/c1-7-5-21(18(28)20-16(7)27)12-3-9(23)11(34-12)6-33-39(32,37-38(29,30)31)36-17-15(26)14(25)13(24)10(35-17)4-19-8(2)22/h5,9-15,17,23-26H,3-4,6H2,1-2H3,(H,19,22)(H,20,27,28)(H2,29,30,31)/t9?,10-,11-,12-,13-,14+,15-,17+,39?/m1/s1. The smallest absolute Gasteiger partial charge is 0.390 e. The van der Waals surface area contributed by atoms with Gasteiger partial charge in [-0.15, -0.1) is 0 Å². The Morgan fingerprint density at radius 2 is 1.79 bits per heavy atom. The number of rotatable bonds is 10. The topological polar surface area (TPSA) is 286 Å². The van der Waals surface area contributed by atoms with Crippen LogP contribution in [0.2, 0.25) is 0 Å². The van der Waals surface area contributed by atoms with Crippen molar-refractivity contribution in [2.75, 3.05) is 13.2 Å². The van der Waals surface area contributed by atoms with E-state index >= 15 is 0 Å². The van der Waals surface area contributed by atoms with E-state index in [2.05, 4.69) is 14.6 Å². The van der Waals surface area contributed by atoms with E-state index in [1.807, 2.05) is 0 Å². The van der Waals surface area contributed by atoms with Gasteiger partial charge in [-0.1, -0.05) is 0 Å². The van der Waals surface area contributed by atoms with Crippen LogP contribution in [-0.4, -0.2) is 102 Å². The maximum absolute atomic E-state index is 13.2. The number of aliphatic hydroxyl groups excluding tert-OH is 4. The molecule has 2 unspecified atom stereocenters. The lowest BCUT2D eigenvalue weighted by atomic mass is 9.99. The predicted molar refractivity (Wildman–Crippen MR) is 124 cm³/mol. The minimum absolute atomic E-state index is 0.162. The number of amides is 1. The zero-order chi connectivity index (χ0) is 29.3. The largest absolute Gasteiger partial charge is 0.486 e. The second-order valence-corrected chi connectivity index (χ2v) is 11.8. The third-order valence-corrected chi connectivity index (χ3v) is 8.30. The number of hydrogen-bond acceptors (Lipinski definition) is 14. The summed E-state index contributed by atoms with van der Waals surface area (Å²) < 4.78 is 50.4. The van der Waals surface area contributed by atoms with Crippen molar-refractivity contribution in [3.05, 3.63) is 32.6 Å². The Bertz CT molecular complexity index is 1250. The number of carbonyl (C=O) groups is 1. The third-order valence-electron chi connectivity index (χ3n) is 5.72. The molecule has 0 bridgehead atoms. The van der Waals surface area contributed by atoms with Crippen LogP contribution >= 0.6 is 15.6 Å². The molecule has 2 aliphatic heterocycles. The van der Waals surface area contributed by atoms with Crippen LogP contribution in [0.3, 0.4) is 0 Å². The van der Waals surface area contributed by atoms with Crippen molar-refractivity contribution in [3.63, 3.8) is 0 Å². The summed E-state index contributed by atoms with van der Waals surface area (Å²) in [4.78, 5) is 55.4. The van der Waals surface area contributed by atoms with Gasteiger partial charge in [0.15, 0.2) is 6.29 Å². The first-order chi connectivity index (χ1) is 18.0. The highest BCUT2D eigenvalue weighted by Gasteiger charge is 2.50. The summed E-state index contributed by atoms with van der Waals surface area (Å²) in [6, 6.07) is 0. The quantitative estimate of drug-likeness (QED) is 0.121. The molecule has 2 fully saturated rings. The van der Waals surface area contributed by atoms with Gasteiger partial charge in [0.25, 0.3) is 5.56 Å². The number of ether oxygens (including phenoxy) is 2. The second-order valence-electron chi connectivity index (χ2n) is 8.78. The molecule has 9 atom stereocenters. The summed E-state index contributed by atoms with van der Waals surface area (Å²) in [5, 5.41) is 43.1. The molecule has 3 rings (SSSR count). The number of nitrogens with zero attached hydrogens (tertiary/aromatic N) is 1. The Morgan fingerprint density at radius 1 is 1.13 bits per heavy atom. The fourth-order valence-electron chi connectivity index (χ4n) is 3.75. The van der Waals surface area contributed by atoms with E-state index in [1.165, 1.54) is 13.1 Å². The second kappa shape index (κ2) is 12.4. The first kappa shape index (κ1) is 31.7. The SMILES string of the molecule is CC(=O)NC[C@H]1O[C@@H](OP(=O)(OC[C@H]2O[C@@H](n3cc(C)c(=O)[nH]c3=O)CC2O)OP(=O)(O)O)[C@H](O)[C@@H](O)[C@@H]1O. The van der Waals surface area contributed by atoms with Gasteiger partial charge in [0.2, 0.25) is 5.91 Å². The van der Waals surface area contributed by atoms with Gasteiger partial charge < -0.3 is 45.0 Å². The Hall–Kier alpha value is -1.83. The summed E-state index contributed by atoms with van der Waals surface area (Å²) >= 11 is 0. The molecular formula is C18H29N3O16P2. The number of aryl methyl sites for hydroxylation is 1. The van der Waals surface area contributed by atoms with E-state index in [0.29, 0.717) is 0 Å². The van der Waals surface area contributed by atoms with Crippen LogP contribution in [0.5, 0.6) is 0 Å². The number of aromatic nitrogens is 2. The Balaban J connectivity index is 1.75. The van der Waals surface area contributed by atoms with Crippen LogP contribution < -0.4 is 16.6 Å². The summed E-state index contributed by atoms with van der Waals surface area (Å²) in [7, 11) is -11.0. The number of carbonyl (C=O) groups excluding carboxylic acids is 1. The van der Waals surface area contributed by atoms with Gasteiger partial charge >= 0.3 is 21.3 Å². The number of phosphoric acid groups is 2. The van der Waals surface area contributed by atoms with Crippen molar-refractivity contribution < 1.29 is 67.0 Å². The average molecular weight is 605 g/mol. The number of aromatic amines is 1. The maximum atomic E-state index is 13.2. The molecule has 1 amide bonds. The fraction of sp³-hybridized carbons (Fsp3) is 0.722. The summed E-state index contributed by atoms with van der Waals surface area (Å²) in [5.74, 6) is -0.546. The van der Waals surface area contributed by atoms with Gasteiger partial charge in [-0.3, -0.25) is 28.2 Å². The number of aliphatic hydroxyl groups is 4. The lowest BCUT2D eigenvalue weighted by molar-refractivity contribution is -0.274. The molecule has 19 nitrogen and oxygen atoms in total. The lowest BCUT2D eigenvalue weighted by Gasteiger charge is -2.40. The highest BCUT2D eigenvalue weighted by molar-refractivity contribution is 7.61. The Morgan fingerprint density at radius 3 is 2.41 bits per heavy atom. The molecule has 1 aromatic rings. The normalized spacial score (nSPS) is 33.0. The minimum Gasteiger partial charge on any atom is -0.390 e. The van der Waals surface area contributed by atoms with Gasteiger partial charge in [0.1, 0.15) is 36.7 Å². The molecule has 0 saturated carbocycles. The molecule has 2 saturated heterocycles. The highest BCUT2D eigenvalue weighted by atomic mass is 31.3. The van der Waals surface area contributed by atoms with Crippen LogP contribution in [0.15, 0.2) is 15.8 Å². The third kappa shape index (κ3) is 8.11. The molecule has 0 radical (unpaired) electrons. The van der Waals surface area contributed by atoms with E-state index in [9.17, 15) is 53.7 Å². The van der Waals surface area contributed by atoms with E-state index < -0.39 is 95.1 Å². The van der Waals surface area contributed by atoms with E-state index in [-0.39, 0.29) is 12.0 Å². The van der Waals surface area contributed by atoms with Crippen LogP contribution in [-0.2, 0) is 36.8 Å². The highest BCUT2D eigenvalue weighted by Crippen LogP contribution is 2.62. The summed E-state index contributed by atoms with van der Waals surface area (Å²) in [6.45, 7) is 1.27. The van der Waals surface area contributed by atoms with Gasteiger partial charge in [0.05, 0.1) is 12.7 Å². The van der Waals surface area contributed by atoms with E-state index in [1.54, 1.807) is 0 Å². The van der Waals surface area contributed by atoms with Crippen LogP contribution in [0.25, 0.3) is 0 Å². The number of nitrogens with one attached hydrogen (secondary N) is 2. The van der Waals surface area contributed by atoms with Crippen molar-refractivity contribution in [2.24, 2.45) is 0 Å². The Kier molecular flexibility index (Phi) is 10.0. The monoisotopic (exact) mass is 605 g/mol. The first-order valence-corrected chi connectivity index (χ1v) is 14.3. The molecule has 21 heteroatoms. The van der Waals surface area contributed by atoms with Gasteiger partial charge in [-0.25, -0.2) is 13.9 Å². The maximum Gasteiger partial charge on any atom is 0.486 e. The van der Waals surface area contributed by atoms with Crippen LogP contribution in [0, 0.1) is 6.92 Å². The molecule has 39 heavy (non-hydrogen) atoms. The average Bonchev–Trinajstić information content (AvgIpc) is 3.18. The number of hydrogen-bond donors (Lipinski definition) is 8. The molecule has 0 aromatic carbocycles. The minimum atomic E-state index is -5.60. The van der Waals surface area contributed by atoms with Crippen LogP contribution in [0.4, 0.5) is 0 Å².